The van der Waals surface area contributed by atoms with Gasteiger partial charge in [-0.05, 0) is 34.3 Å². The van der Waals surface area contributed by atoms with Crippen LogP contribution in [0, 0.1) is 5.92 Å². The van der Waals surface area contributed by atoms with E-state index in [0.29, 0.717) is 5.75 Å². The van der Waals surface area contributed by atoms with Crippen molar-refractivity contribution in [1.29, 1.82) is 0 Å². The second kappa shape index (κ2) is 5.19. The molecule has 0 aromatic heterocycles. The van der Waals surface area contributed by atoms with Crippen LogP contribution >= 0.6 is 28.3 Å². The number of benzene rings is 1. The Labute approximate surface area is 104 Å². The predicted molar refractivity (Wildman–Crippen MR) is 67.3 cm³/mol. The minimum Gasteiger partial charge on any atom is -0.506 e. The van der Waals surface area contributed by atoms with Gasteiger partial charge in [-0.25, -0.2) is 0 Å². The number of aromatic hydroxyl groups is 1. The summed E-state index contributed by atoms with van der Waals surface area (Å²) in [5.41, 5.74) is 6.88. The van der Waals surface area contributed by atoms with E-state index in [1.807, 2.05) is 18.2 Å². The summed E-state index contributed by atoms with van der Waals surface area (Å²) in [4.78, 5) is 0. The van der Waals surface area contributed by atoms with E-state index in [9.17, 15) is 5.11 Å². The van der Waals surface area contributed by atoms with E-state index < -0.39 is 0 Å². The molecule has 15 heavy (non-hydrogen) atoms. The highest BCUT2D eigenvalue weighted by Crippen LogP contribution is 2.39. The molecule has 0 heterocycles. The van der Waals surface area contributed by atoms with E-state index in [1.165, 1.54) is 12.8 Å². The highest BCUT2D eigenvalue weighted by Gasteiger charge is 2.25. The first kappa shape index (κ1) is 12.8. The third-order valence-corrected chi connectivity index (χ3v) is 3.34. The summed E-state index contributed by atoms with van der Waals surface area (Å²) in [5, 5.41) is 9.77. The van der Waals surface area contributed by atoms with Crippen molar-refractivity contribution in [3.63, 3.8) is 0 Å². The Balaban J connectivity index is 0.00000112. The molecule has 1 fully saturated rings. The Bertz CT molecular complexity index is 341. The predicted octanol–water partition coefficient (Wildman–Crippen LogP) is 3.38. The fourth-order valence-electron chi connectivity index (χ4n) is 1.67. The highest BCUT2D eigenvalue weighted by molar-refractivity contribution is 9.10. The van der Waals surface area contributed by atoms with Crippen molar-refractivity contribution in [2.75, 3.05) is 0 Å². The van der Waals surface area contributed by atoms with E-state index >= 15 is 0 Å². The molecule has 1 aliphatic rings. The summed E-state index contributed by atoms with van der Waals surface area (Å²) in [6.07, 6.45) is 3.58. The van der Waals surface area contributed by atoms with Gasteiger partial charge in [0.05, 0.1) is 4.47 Å². The molecule has 1 saturated carbocycles. The minimum absolute atomic E-state index is 0. The van der Waals surface area contributed by atoms with Crippen LogP contribution in [0.15, 0.2) is 22.7 Å². The average Bonchev–Trinajstić information content (AvgIpc) is 2.93. The van der Waals surface area contributed by atoms with Crippen LogP contribution < -0.4 is 5.73 Å². The van der Waals surface area contributed by atoms with Crippen LogP contribution in [0.1, 0.15) is 30.9 Å². The van der Waals surface area contributed by atoms with Crippen molar-refractivity contribution in [3.05, 3.63) is 28.2 Å². The number of para-hydroxylation sites is 1. The van der Waals surface area contributed by atoms with Crippen LogP contribution in [0.4, 0.5) is 0 Å². The molecule has 2 rings (SSSR count). The number of phenols is 1. The van der Waals surface area contributed by atoms with Gasteiger partial charge in [-0.2, -0.15) is 0 Å². The summed E-state index contributed by atoms with van der Waals surface area (Å²) in [6, 6.07) is 5.60. The molecule has 2 nitrogen and oxygen atoms in total. The molecule has 0 spiro atoms. The Morgan fingerprint density at radius 3 is 2.73 bits per heavy atom. The van der Waals surface area contributed by atoms with Crippen molar-refractivity contribution < 1.29 is 5.11 Å². The molecule has 0 unspecified atom stereocenters. The van der Waals surface area contributed by atoms with Crippen LogP contribution in [-0.4, -0.2) is 5.11 Å². The molecule has 84 valence electrons. The summed E-state index contributed by atoms with van der Waals surface area (Å²) < 4.78 is 0.723. The second-order valence-electron chi connectivity index (χ2n) is 3.96. The maximum Gasteiger partial charge on any atom is 0.134 e. The van der Waals surface area contributed by atoms with Gasteiger partial charge in [-0.3, -0.25) is 0 Å². The lowest BCUT2D eigenvalue weighted by atomic mass is 10.0. The summed E-state index contributed by atoms with van der Waals surface area (Å²) in [5.74, 6) is 1.07. The highest BCUT2D eigenvalue weighted by atomic mass is 79.9. The van der Waals surface area contributed by atoms with Gasteiger partial charge in [-0.15, -0.1) is 12.4 Å². The Hall–Kier alpha value is -0.250. The van der Waals surface area contributed by atoms with Gasteiger partial charge in [0.25, 0.3) is 0 Å². The quantitative estimate of drug-likeness (QED) is 0.897. The Kier molecular flexibility index (Phi) is 4.44. The number of hydrogen-bond donors (Lipinski definition) is 2. The normalized spacial score (nSPS) is 16.9. The van der Waals surface area contributed by atoms with Gasteiger partial charge >= 0.3 is 0 Å². The molecule has 1 aromatic carbocycles. The van der Waals surface area contributed by atoms with Crippen LogP contribution in [0.3, 0.4) is 0 Å². The zero-order chi connectivity index (χ0) is 10.1. The summed E-state index contributed by atoms with van der Waals surface area (Å²) in [6.45, 7) is 0. The fourth-order valence-corrected chi connectivity index (χ4v) is 2.05. The fraction of sp³-hybridized carbons (Fsp3) is 0.455. The number of hydrogen-bond acceptors (Lipinski definition) is 2. The average molecular weight is 293 g/mol. The number of halogens is 2. The van der Waals surface area contributed by atoms with Crippen molar-refractivity contribution in [2.24, 2.45) is 11.7 Å². The van der Waals surface area contributed by atoms with Crippen LogP contribution in [0.5, 0.6) is 5.75 Å². The molecule has 0 aliphatic heterocycles. The van der Waals surface area contributed by atoms with Gasteiger partial charge < -0.3 is 10.8 Å². The molecule has 0 amide bonds. The number of rotatable bonds is 3. The maximum atomic E-state index is 9.77. The SMILES string of the molecule is Cl.N[C@H](CC1CC1)c1cccc(Br)c1O. The molecule has 4 heteroatoms. The second-order valence-corrected chi connectivity index (χ2v) is 4.82. The molecule has 0 bridgehead atoms. The molecule has 1 atom stereocenters. The molecular weight excluding hydrogens is 277 g/mol. The summed E-state index contributed by atoms with van der Waals surface area (Å²) in [7, 11) is 0. The van der Waals surface area contributed by atoms with Gasteiger partial charge in [0.15, 0.2) is 0 Å². The molecule has 3 N–H and O–H groups in total. The lowest BCUT2D eigenvalue weighted by molar-refractivity contribution is 0.452. The van der Waals surface area contributed by atoms with E-state index in [2.05, 4.69) is 15.9 Å². The molecule has 1 aromatic rings. The first-order chi connectivity index (χ1) is 6.68. The monoisotopic (exact) mass is 291 g/mol. The van der Waals surface area contributed by atoms with E-state index in [1.54, 1.807) is 0 Å². The van der Waals surface area contributed by atoms with Crippen LogP contribution in [0.2, 0.25) is 0 Å². The molecular formula is C11H15BrClNO. The largest absolute Gasteiger partial charge is 0.506 e. The lowest BCUT2D eigenvalue weighted by Gasteiger charge is -2.13. The van der Waals surface area contributed by atoms with Gasteiger partial charge in [0.1, 0.15) is 5.75 Å². The number of nitrogens with two attached hydrogens (primary N) is 1. The van der Waals surface area contributed by atoms with Gasteiger partial charge in [-0.1, -0.05) is 25.0 Å². The lowest BCUT2D eigenvalue weighted by Crippen LogP contribution is -2.11. The van der Waals surface area contributed by atoms with Crippen LogP contribution in [-0.2, 0) is 0 Å². The minimum atomic E-state index is -0.0278. The van der Waals surface area contributed by atoms with Gasteiger partial charge in [0.2, 0.25) is 0 Å². The van der Waals surface area contributed by atoms with E-state index in [4.69, 9.17) is 5.73 Å². The molecule has 0 radical (unpaired) electrons. The summed E-state index contributed by atoms with van der Waals surface area (Å²) >= 11 is 3.29. The van der Waals surface area contributed by atoms with Crippen molar-refractivity contribution in [3.8, 4) is 5.75 Å². The Morgan fingerprint density at radius 1 is 1.47 bits per heavy atom. The third kappa shape index (κ3) is 3.10. The first-order valence-corrected chi connectivity index (χ1v) is 5.70. The standard InChI is InChI=1S/C11H14BrNO.ClH/c12-9-3-1-2-8(11(9)14)10(13)6-7-4-5-7;/h1-3,7,10,14H,4-6,13H2;1H/t10-;/m1./s1. The third-order valence-electron chi connectivity index (χ3n) is 2.70. The van der Waals surface area contributed by atoms with Crippen molar-refractivity contribution in [2.45, 2.75) is 25.3 Å². The first-order valence-electron chi connectivity index (χ1n) is 4.91. The van der Waals surface area contributed by atoms with Gasteiger partial charge in [0, 0.05) is 11.6 Å². The van der Waals surface area contributed by atoms with Crippen molar-refractivity contribution >= 4 is 28.3 Å². The Morgan fingerprint density at radius 2 is 2.13 bits per heavy atom. The number of phenolic OH excluding ortho intramolecular Hbond substituents is 1. The zero-order valence-electron chi connectivity index (χ0n) is 8.32. The van der Waals surface area contributed by atoms with E-state index in [-0.39, 0.29) is 18.4 Å². The zero-order valence-corrected chi connectivity index (χ0v) is 10.7. The smallest absolute Gasteiger partial charge is 0.134 e. The van der Waals surface area contributed by atoms with Crippen LogP contribution in [0.25, 0.3) is 0 Å². The molecule has 0 saturated heterocycles. The van der Waals surface area contributed by atoms with E-state index in [0.717, 1.165) is 22.4 Å². The topological polar surface area (TPSA) is 46.2 Å². The maximum absolute atomic E-state index is 9.77. The van der Waals surface area contributed by atoms with Crippen molar-refractivity contribution in [1.82, 2.24) is 0 Å². The molecule has 1 aliphatic carbocycles.